The summed E-state index contributed by atoms with van der Waals surface area (Å²) >= 11 is 3.08. The number of rotatable bonds is 4. The van der Waals surface area contributed by atoms with E-state index in [9.17, 15) is 4.79 Å². The van der Waals surface area contributed by atoms with E-state index in [1.165, 1.54) is 23.1 Å². The van der Waals surface area contributed by atoms with Gasteiger partial charge in [-0.2, -0.15) is 14.6 Å². The number of para-hydroxylation sites is 1. The highest BCUT2D eigenvalue weighted by atomic mass is 32.2. The van der Waals surface area contributed by atoms with Gasteiger partial charge in [-0.1, -0.05) is 65.6 Å². The Morgan fingerprint density at radius 3 is 2.59 bits per heavy atom. The zero-order valence-electron chi connectivity index (χ0n) is 15.3. The Kier molecular flexibility index (Phi) is 4.53. The third-order valence-corrected chi connectivity index (χ3v) is 6.30. The molecule has 29 heavy (non-hydrogen) atoms. The lowest BCUT2D eigenvalue weighted by atomic mass is 10.2. The standard InChI is InChI=1S/C20H14N6OS2/c1-12-23-24-20(29-12)28-11-16-21-15-10-6-5-9-14(15)18-22-19(27)17(25-26(16)18)13-7-3-2-4-8-13/h2-10H,11H2,1H3. The van der Waals surface area contributed by atoms with Crippen LogP contribution >= 0.6 is 23.1 Å². The highest BCUT2D eigenvalue weighted by Gasteiger charge is 2.15. The van der Waals surface area contributed by atoms with Gasteiger partial charge < -0.3 is 0 Å². The van der Waals surface area contributed by atoms with Gasteiger partial charge in [0.25, 0.3) is 5.56 Å². The summed E-state index contributed by atoms with van der Waals surface area (Å²) in [6, 6.07) is 17.0. The minimum absolute atomic E-state index is 0.304. The Labute approximate surface area is 173 Å². The molecule has 5 aromatic rings. The Bertz CT molecular complexity index is 1400. The van der Waals surface area contributed by atoms with Gasteiger partial charge in [0, 0.05) is 10.9 Å². The van der Waals surface area contributed by atoms with Crippen LogP contribution in [0.1, 0.15) is 10.8 Å². The molecule has 0 bridgehead atoms. The fourth-order valence-electron chi connectivity index (χ4n) is 3.02. The lowest BCUT2D eigenvalue weighted by Crippen LogP contribution is -2.18. The predicted molar refractivity (Wildman–Crippen MR) is 114 cm³/mol. The Hall–Kier alpha value is -3.17. The van der Waals surface area contributed by atoms with Gasteiger partial charge in [-0.05, 0) is 19.1 Å². The fraction of sp³-hybridized carbons (Fsp3) is 0.100. The molecular formula is C20H14N6OS2. The summed E-state index contributed by atoms with van der Waals surface area (Å²) in [5.74, 6) is 1.23. The van der Waals surface area contributed by atoms with Crippen LogP contribution in [-0.2, 0) is 5.75 Å². The molecule has 9 heteroatoms. The number of benzene rings is 2. The third kappa shape index (κ3) is 3.39. The number of fused-ring (bicyclic) bond motifs is 3. The van der Waals surface area contributed by atoms with Gasteiger partial charge in [0.1, 0.15) is 10.8 Å². The lowest BCUT2D eigenvalue weighted by molar-refractivity contribution is 0.820. The molecule has 2 aromatic carbocycles. The van der Waals surface area contributed by atoms with Crippen LogP contribution in [0.4, 0.5) is 0 Å². The summed E-state index contributed by atoms with van der Waals surface area (Å²) in [7, 11) is 0. The average Bonchev–Trinajstić information content (AvgIpc) is 3.17. The van der Waals surface area contributed by atoms with Crippen molar-refractivity contribution in [1.82, 2.24) is 29.8 Å². The molecule has 7 nitrogen and oxygen atoms in total. The first-order valence-corrected chi connectivity index (χ1v) is 10.7. The minimum atomic E-state index is -0.356. The zero-order chi connectivity index (χ0) is 19.8. The van der Waals surface area contributed by atoms with Crippen molar-refractivity contribution >= 4 is 39.6 Å². The van der Waals surface area contributed by atoms with E-state index in [-0.39, 0.29) is 5.56 Å². The highest BCUT2D eigenvalue weighted by Crippen LogP contribution is 2.27. The summed E-state index contributed by atoms with van der Waals surface area (Å²) in [5, 5.41) is 14.6. The summed E-state index contributed by atoms with van der Waals surface area (Å²) in [6.45, 7) is 1.92. The van der Waals surface area contributed by atoms with Crippen molar-refractivity contribution in [3.05, 3.63) is 75.8 Å². The first kappa shape index (κ1) is 17.9. The first-order chi connectivity index (χ1) is 14.2. The van der Waals surface area contributed by atoms with E-state index >= 15 is 0 Å². The molecule has 0 aliphatic carbocycles. The smallest absolute Gasteiger partial charge is 0.265 e. The quantitative estimate of drug-likeness (QED) is 0.324. The monoisotopic (exact) mass is 418 g/mol. The van der Waals surface area contributed by atoms with Crippen LogP contribution in [0.3, 0.4) is 0 Å². The van der Waals surface area contributed by atoms with Crippen LogP contribution in [-0.4, -0.2) is 29.8 Å². The molecular weight excluding hydrogens is 404 g/mol. The van der Waals surface area contributed by atoms with Gasteiger partial charge in [0.15, 0.2) is 15.7 Å². The molecule has 0 saturated carbocycles. The van der Waals surface area contributed by atoms with Gasteiger partial charge in [0.2, 0.25) is 0 Å². The maximum Gasteiger partial charge on any atom is 0.300 e. The summed E-state index contributed by atoms with van der Waals surface area (Å²) in [5.41, 5.74) is 1.96. The van der Waals surface area contributed by atoms with Gasteiger partial charge in [-0.15, -0.1) is 10.2 Å². The van der Waals surface area contributed by atoms with Gasteiger partial charge in [-0.25, -0.2) is 4.98 Å². The number of thioether (sulfide) groups is 1. The second kappa shape index (κ2) is 7.34. The average molecular weight is 419 g/mol. The van der Waals surface area contributed by atoms with Crippen molar-refractivity contribution in [1.29, 1.82) is 0 Å². The minimum Gasteiger partial charge on any atom is -0.265 e. The molecule has 142 valence electrons. The molecule has 0 saturated heterocycles. The van der Waals surface area contributed by atoms with E-state index in [2.05, 4.69) is 20.3 Å². The largest absolute Gasteiger partial charge is 0.300 e. The van der Waals surface area contributed by atoms with Crippen LogP contribution in [0.5, 0.6) is 0 Å². The topological polar surface area (TPSA) is 85.9 Å². The number of hydrogen-bond donors (Lipinski definition) is 0. The summed E-state index contributed by atoms with van der Waals surface area (Å²) in [6.07, 6.45) is 0. The molecule has 0 spiro atoms. The van der Waals surface area contributed by atoms with Crippen molar-refractivity contribution in [3.63, 3.8) is 0 Å². The van der Waals surface area contributed by atoms with E-state index in [1.807, 2.05) is 61.5 Å². The van der Waals surface area contributed by atoms with Crippen molar-refractivity contribution < 1.29 is 0 Å². The van der Waals surface area contributed by atoms with Gasteiger partial charge in [-0.3, -0.25) is 4.79 Å². The van der Waals surface area contributed by atoms with Crippen molar-refractivity contribution in [3.8, 4) is 11.3 Å². The molecule has 0 aliphatic heterocycles. The second-order valence-electron chi connectivity index (χ2n) is 6.29. The van der Waals surface area contributed by atoms with Gasteiger partial charge >= 0.3 is 0 Å². The molecule has 3 aromatic heterocycles. The summed E-state index contributed by atoms with van der Waals surface area (Å²) in [4.78, 5) is 21.9. The molecule has 0 radical (unpaired) electrons. The van der Waals surface area contributed by atoms with Crippen molar-refractivity contribution in [2.24, 2.45) is 0 Å². The summed E-state index contributed by atoms with van der Waals surface area (Å²) < 4.78 is 2.54. The number of nitrogens with zero attached hydrogens (tertiary/aromatic N) is 6. The molecule has 5 rings (SSSR count). The maximum atomic E-state index is 12.7. The number of hydrogen-bond acceptors (Lipinski definition) is 8. The SMILES string of the molecule is Cc1nnc(SCc2nc3ccccc3c3nc(=O)c(-c4ccccc4)nn23)s1. The molecule has 3 heterocycles. The van der Waals surface area contributed by atoms with Crippen molar-refractivity contribution in [2.75, 3.05) is 0 Å². The lowest BCUT2D eigenvalue weighted by Gasteiger charge is -2.10. The van der Waals surface area contributed by atoms with Crippen LogP contribution < -0.4 is 5.56 Å². The van der Waals surface area contributed by atoms with Crippen molar-refractivity contribution in [2.45, 2.75) is 17.0 Å². The normalized spacial score (nSPS) is 11.3. The van der Waals surface area contributed by atoms with Crippen LogP contribution in [0, 0.1) is 6.92 Å². The first-order valence-electron chi connectivity index (χ1n) is 8.86. The third-order valence-electron chi connectivity index (χ3n) is 4.33. The Morgan fingerprint density at radius 1 is 1.00 bits per heavy atom. The van der Waals surface area contributed by atoms with E-state index in [0.717, 1.165) is 25.8 Å². The predicted octanol–water partition coefficient (Wildman–Crippen LogP) is 3.76. The van der Waals surface area contributed by atoms with E-state index in [1.54, 1.807) is 4.52 Å². The maximum absolute atomic E-state index is 12.7. The van der Waals surface area contributed by atoms with E-state index < -0.39 is 0 Å². The second-order valence-corrected chi connectivity index (χ2v) is 8.69. The molecule has 0 amide bonds. The molecule has 0 N–H and O–H groups in total. The Morgan fingerprint density at radius 2 is 1.79 bits per heavy atom. The fourth-order valence-corrected chi connectivity index (χ4v) is 4.75. The molecule has 0 fully saturated rings. The molecule has 0 atom stereocenters. The Balaban J connectivity index is 1.71. The zero-order valence-corrected chi connectivity index (χ0v) is 16.9. The van der Waals surface area contributed by atoms with E-state index in [0.29, 0.717) is 22.9 Å². The van der Waals surface area contributed by atoms with E-state index in [4.69, 9.17) is 4.98 Å². The molecule has 0 unspecified atom stereocenters. The highest BCUT2D eigenvalue weighted by molar-refractivity contribution is 8.00. The number of aromatic nitrogens is 6. The van der Waals surface area contributed by atoms with Gasteiger partial charge in [0.05, 0.1) is 11.3 Å². The van der Waals surface area contributed by atoms with Crippen LogP contribution in [0.2, 0.25) is 0 Å². The van der Waals surface area contributed by atoms with Crippen LogP contribution in [0.15, 0.2) is 63.7 Å². The number of aryl methyl sites for hydroxylation is 1. The molecule has 0 aliphatic rings. The van der Waals surface area contributed by atoms with Crippen LogP contribution in [0.25, 0.3) is 27.8 Å².